The number of nitrogens with zero attached hydrogens (tertiary/aromatic N) is 1. The van der Waals surface area contributed by atoms with E-state index >= 15 is 0 Å². The Morgan fingerprint density at radius 2 is 1.63 bits per heavy atom. The number of carbonyl (C=O) groups excluding carboxylic acids is 1. The Kier molecular flexibility index (Phi) is 15.0. The van der Waals surface area contributed by atoms with Crippen LogP contribution in [0.25, 0.3) is 41.5 Å². The predicted molar refractivity (Wildman–Crippen MR) is 223 cm³/mol. The maximum atomic E-state index is 12.2. The number of rotatable bonds is 12. The molecule has 7 heteroatoms. The van der Waals surface area contributed by atoms with Gasteiger partial charge in [0, 0.05) is 68.4 Å². The van der Waals surface area contributed by atoms with E-state index in [1.54, 1.807) is 11.8 Å². The van der Waals surface area contributed by atoms with Crippen LogP contribution < -0.4 is 0 Å². The summed E-state index contributed by atoms with van der Waals surface area (Å²) in [4.78, 5) is 18.2. The molecule has 0 atom stereocenters. The molecule has 51 heavy (non-hydrogen) atoms. The van der Waals surface area contributed by atoms with Crippen molar-refractivity contribution in [3.8, 4) is 11.3 Å². The molecule has 277 valence electrons. The quantitative estimate of drug-likeness (QED) is 0.0586. The van der Waals surface area contributed by atoms with Crippen LogP contribution in [0.4, 0.5) is 0 Å². The number of thiophene rings is 2. The van der Waals surface area contributed by atoms with Crippen LogP contribution in [0.1, 0.15) is 113 Å². The summed E-state index contributed by atoms with van der Waals surface area (Å²) >= 11 is 5.40. The summed E-state index contributed by atoms with van der Waals surface area (Å²) in [7, 11) is 0. The van der Waals surface area contributed by atoms with Gasteiger partial charge in [0.15, 0.2) is 5.78 Å². The van der Waals surface area contributed by atoms with Gasteiger partial charge >= 0.3 is 0 Å². The number of aliphatic hydroxyl groups excluding tert-OH is 1. The van der Waals surface area contributed by atoms with E-state index in [0.717, 1.165) is 43.4 Å². The van der Waals surface area contributed by atoms with Gasteiger partial charge in [-0.25, -0.2) is 0 Å². The van der Waals surface area contributed by atoms with Crippen LogP contribution in [-0.4, -0.2) is 15.9 Å². The van der Waals surface area contributed by atoms with Crippen molar-refractivity contribution < 1.29 is 30.0 Å². The molecule has 0 amide bonds. The molecule has 0 unspecified atom stereocenters. The minimum Gasteiger partial charge on any atom is -0.512 e. The summed E-state index contributed by atoms with van der Waals surface area (Å²) < 4.78 is 3.99. The van der Waals surface area contributed by atoms with Gasteiger partial charge in [-0.3, -0.25) is 4.79 Å². The predicted octanol–water partition coefficient (Wildman–Crippen LogP) is 14.5. The molecule has 0 aliphatic carbocycles. The number of carbonyl (C=O) groups is 1. The number of thioether (sulfide) groups is 1. The molecule has 1 radical (unpaired) electrons. The molecule has 5 aromatic rings. The third-order valence-electron chi connectivity index (χ3n) is 10.6. The summed E-state index contributed by atoms with van der Waals surface area (Å²) in [6.45, 7) is 27.4. The first-order chi connectivity index (χ1) is 23.6. The SMILES string of the molecule is C=CSc1c[c-]c(-c2nccc3c2sc2ccc4c(CC(C)C)csc4c23)cc1C(C)(C)C.CCC(C)(CC)C(=O)/C=C(\O)C(C)(CC)CC.[Ir]. The summed E-state index contributed by atoms with van der Waals surface area (Å²) in [5.74, 6) is 0.942. The largest absolute Gasteiger partial charge is 0.512 e. The summed E-state index contributed by atoms with van der Waals surface area (Å²) in [6.07, 6.45) is 7.84. The first-order valence-corrected chi connectivity index (χ1v) is 20.6. The number of pyridine rings is 1. The van der Waals surface area contributed by atoms with Crippen LogP contribution in [0.5, 0.6) is 0 Å². The molecule has 0 saturated carbocycles. The molecule has 0 saturated heterocycles. The van der Waals surface area contributed by atoms with E-state index < -0.39 is 0 Å². The monoisotopic (exact) mass is 919 g/mol. The second kappa shape index (κ2) is 17.7. The van der Waals surface area contributed by atoms with Gasteiger partial charge in [0.2, 0.25) is 0 Å². The van der Waals surface area contributed by atoms with Crippen molar-refractivity contribution in [2.45, 2.75) is 119 Å². The van der Waals surface area contributed by atoms with E-state index in [2.05, 4.69) is 83.0 Å². The second-order valence-electron chi connectivity index (χ2n) is 15.4. The molecule has 3 aromatic heterocycles. The fourth-order valence-electron chi connectivity index (χ4n) is 6.19. The molecule has 0 fully saturated rings. The number of allylic oxidation sites excluding steroid dienone is 2. The number of ketones is 1. The van der Waals surface area contributed by atoms with Crippen LogP contribution >= 0.6 is 34.4 Å². The van der Waals surface area contributed by atoms with Gasteiger partial charge in [0.25, 0.3) is 0 Å². The fraction of sp³-hybridized carbons (Fsp3) is 0.455. The van der Waals surface area contributed by atoms with Gasteiger partial charge in [-0.2, -0.15) is 11.8 Å². The Morgan fingerprint density at radius 3 is 2.20 bits per heavy atom. The molecule has 2 aromatic carbocycles. The number of hydrogen-bond donors (Lipinski definition) is 1. The molecule has 0 spiro atoms. The zero-order chi connectivity index (χ0) is 37.0. The Labute approximate surface area is 332 Å². The van der Waals surface area contributed by atoms with Crippen LogP contribution in [0.2, 0.25) is 0 Å². The third kappa shape index (κ3) is 9.27. The van der Waals surface area contributed by atoms with Gasteiger partial charge in [-0.15, -0.1) is 52.0 Å². The molecule has 1 N–H and O–H groups in total. The first-order valence-electron chi connectivity index (χ1n) is 18.1. The van der Waals surface area contributed by atoms with Crippen molar-refractivity contribution in [1.82, 2.24) is 4.98 Å². The van der Waals surface area contributed by atoms with Crippen LogP contribution in [0, 0.1) is 22.8 Å². The standard InChI is InChI=1S/C29H28NS3.C15H28O2.Ir/c1-7-31-23-10-8-18(15-22(23)29(4,5)6)26-28-21(12-13-30-26)25-24(33-28)11-9-20-19(14-17(2)3)16-32-27(20)25;1-7-14(5,8-2)12(16)11-13(17)15(6,9-3)10-4;/h7,9-13,15-17H,1,14H2,2-6H3;11,16H,7-10H2,1-6H3;/q-1;;/b;12-11-;. The van der Waals surface area contributed by atoms with E-state index in [1.165, 1.54) is 52.4 Å². The molecule has 3 heterocycles. The number of hydrogen-bond acceptors (Lipinski definition) is 6. The van der Waals surface area contributed by atoms with Crippen LogP contribution in [-0.2, 0) is 36.7 Å². The van der Waals surface area contributed by atoms with Crippen molar-refractivity contribution in [2.24, 2.45) is 16.7 Å². The minimum absolute atomic E-state index is 0. The van der Waals surface area contributed by atoms with Gasteiger partial charge in [-0.05, 0) is 82.7 Å². The maximum absolute atomic E-state index is 12.2. The number of aliphatic hydroxyl groups is 1. The van der Waals surface area contributed by atoms with E-state index in [1.807, 2.05) is 75.8 Å². The van der Waals surface area contributed by atoms with Gasteiger partial charge in [-0.1, -0.05) is 93.7 Å². The van der Waals surface area contributed by atoms with E-state index in [-0.39, 0.29) is 47.9 Å². The van der Waals surface area contributed by atoms with Gasteiger partial charge in [0.1, 0.15) is 5.76 Å². The Balaban J connectivity index is 0.000000335. The van der Waals surface area contributed by atoms with Crippen molar-refractivity contribution in [1.29, 1.82) is 0 Å². The molecule has 0 bridgehead atoms. The molecule has 0 aliphatic heterocycles. The van der Waals surface area contributed by atoms with E-state index in [0.29, 0.717) is 5.92 Å². The first kappa shape index (κ1) is 43.1. The molecular formula is C44H56IrNO2S3-. The minimum atomic E-state index is -0.337. The Hall–Kier alpha value is -2.28. The van der Waals surface area contributed by atoms with Gasteiger partial charge < -0.3 is 10.1 Å². The molecule has 3 nitrogen and oxygen atoms in total. The Bertz CT molecular complexity index is 2000. The van der Waals surface area contributed by atoms with E-state index in [9.17, 15) is 9.90 Å². The maximum Gasteiger partial charge on any atom is 0.164 e. The fourth-order valence-corrected chi connectivity index (χ4v) is 9.41. The molecule has 0 aliphatic rings. The smallest absolute Gasteiger partial charge is 0.164 e. The average Bonchev–Trinajstić information content (AvgIpc) is 3.68. The van der Waals surface area contributed by atoms with Crippen LogP contribution in [0.15, 0.2) is 70.6 Å². The third-order valence-corrected chi connectivity index (χ3v) is 13.6. The average molecular weight is 919 g/mol. The van der Waals surface area contributed by atoms with E-state index in [4.69, 9.17) is 4.98 Å². The second-order valence-corrected chi connectivity index (χ2v) is 18.3. The summed E-state index contributed by atoms with van der Waals surface area (Å²) in [5.41, 5.74) is 4.29. The normalized spacial score (nSPS) is 12.7. The topological polar surface area (TPSA) is 50.2 Å². The zero-order valence-electron chi connectivity index (χ0n) is 32.4. The van der Waals surface area contributed by atoms with Crippen molar-refractivity contribution in [3.05, 3.63) is 82.9 Å². The summed E-state index contributed by atoms with van der Waals surface area (Å²) in [6, 6.07) is 14.7. The van der Waals surface area contributed by atoms with Gasteiger partial charge in [0.05, 0.1) is 0 Å². The molecular weight excluding hydrogens is 863 g/mol. The summed E-state index contributed by atoms with van der Waals surface area (Å²) in [5, 5.41) is 18.5. The molecule has 5 rings (SSSR count). The van der Waals surface area contributed by atoms with Crippen LogP contribution in [0.3, 0.4) is 0 Å². The Morgan fingerprint density at radius 1 is 0.980 bits per heavy atom. The number of fused-ring (bicyclic) bond motifs is 5. The number of benzene rings is 2. The van der Waals surface area contributed by atoms with Crippen molar-refractivity contribution >= 4 is 70.5 Å². The van der Waals surface area contributed by atoms with Crippen molar-refractivity contribution in [2.75, 3.05) is 0 Å². The number of aromatic nitrogens is 1. The zero-order valence-corrected chi connectivity index (χ0v) is 37.2. The van der Waals surface area contributed by atoms with Crippen molar-refractivity contribution in [3.63, 3.8) is 0 Å².